The van der Waals surface area contributed by atoms with Gasteiger partial charge in [-0.1, -0.05) is 13.3 Å². The Morgan fingerprint density at radius 1 is 1.15 bits per heavy atom. The molecule has 0 aliphatic carbocycles. The summed E-state index contributed by atoms with van der Waals surface area (Å²) in [6, 6.07) is 10.2. The van der Waals surface area contributed by atoms with Crippen molar-refractivity contribution in [3.8, 4) is 17.0 Å². The number of aromatic amines is 1. The van der Waals surface area contributed by atoms with E-state index in [1.54, 1.807) is 42.1 Å². The second kappa shape index (κ2) is 12.6. The van der Waals surface area contributed by atoms with Crippen LogP contribution >= 0.6 is 0 Å². The van der Waals surface area contributed by atoms with Gasteiger partial charge in [-0.05, 0) is 49.7 Å². The second-order valence-corrected chi connectivity index (χ2v) is 12.0. The topological polar surface area (TPSA) is 123 Å². The number of morpholine rings is 1. The summed E-state index contributed by atoms with van der Waals surface area (Å²) in [5.74, 6) is 1.03. The van der Waals surface area contributed by atoms with Crippen LogP contribution in [0.5, 0.6) is 5.75 Å². The van der Waals surface area contributed by atoms with Gasteiger partial charge < -0.3 is 18.9 Å². The van der Waals surface area contributed by atoms with Crippen LogP contribution in [0, 0.1) is 0 Å². The summed E-state index contributed by atoms with van der Waals surface area (Å²) in [6.45, 7) is 8.02. The Morgan fingerprint density at radius 3 is 2.66 bits per heavy atom. The molecule has 0 saturated carbocycles. The molecule has 41 heavy (non-hydrogen) atoms. The summed E-state index contributed by atoms with van der Waals surface area (Å²) in [7, 11) is -2.20. The number of hydrogen-bond donors (Lipinski definition) is 1. The molecule has 1 fully saturated rings. The van der Waals surface area contributed by atoms with Crippen molar-refractivity contribution in [1.82, 2.24) is 24.0 Å². The fourth-order valence-corrected chi connectivity index (χ4v) is 6.62. The van der Waals surface area contributed by atoms with Crippen molar-refractivity contribution >= 4 is 20.9 Å². The van der Waals surface area contributed by atoms with Crippen LogP contribution in [0.2, 0.25) is 0 Å². The Bertz CT molecular complexity index is 1640. The van der Waals surface area contributed by atoms with Crippen molar-refractivity contribution < 1.29 is 22.3 Å². The minimum absolute atomic E-state index is 0.0983. The molecular formula is C29H37N5O6S. The van der Waals surface area contributed by atoms with Crippen LogP contribution < -0.4 is 10.3 Å². The van der Waals surface area contributed by atoms with Gasteiger partial charge in [0, 0.05) is 44.2 Å². The number of hydrogen-bond acceptors (Lipinski definition) is 8. The lowest BCUT2D eigenvalue weighted by atomic mass is 10.1. The molecule has 1 saturated heterocycles. The first-order valence-corrected chi connectivity index (χ1v) is 15.4. The standard InChI is InChI=1S/C29H37N5O6S/c1-4-7-25-24-19-26(30-29(35)28(24)32(3)31-25)23-18-22(9-10-27(23)39-5-2)41(36,37)34(20-21-8-6-15-40-21)12-11-33-13-16-38-17-14-33/h6,8-10,15,18-19H,4-5,7,11-14,16-17,20H2,1-3H3,(H,30,35). The predicted octanol–water partition coefficient (Wildman–Crippen LogP) is 3.40. The highest BCUT2D eigenvalue weighted by Crippen LogP contribution is 2.34. The highest BCUT2D eigenvalue weighted by molar-refractivity contribution is 7.89. The normalized spacial score (nSPS) is 14.7. The summed E-state index contributed by atoms with van der Waals surface area (Å²) >= 11 is 0. The van der Waals surface area contributed by atoms with E-state index >= 15 is 0 Å². The number of aromatic nitrogens is 3. The molecule has 12 heteroatoms. The van der Waals surface area contributed by atoms with E-state index in [1.165, 1.54) is 10.6 Å². The predicted molar refractivity (Wildman–Crippen MR) is 155 cm³/mol. The Kier molecular flexibility index (Phi) is 8.93. The number of nitrogens with one attached hydrogen (secondary N) is 1. The van der Waals surface area contributed by atoms with Gasteiger partial charge in [-0.25, -0.2) is 8.42 Å². The van der Waals surface area contributed by atoms with Gasteiger partial charge in [0.15, 0.2) is 0 Å². The highest BCUT2D eigenvalue weighted by Gasteiger charge is 2.28. The third-order valence-electron chi connectivity index (χ3n) is 7.26. The quantitative estimate of drug-likeness (QED) is 0.269. The van der Waals surface area contributed by atoms with Gasteiger partial charge in [-0.3, -0.25) is 14.4 Å². The molecule has 3 aromatic heterocycles. The molecule has 11 nitrogen and oxygen atoms in total. The first-order chi connectivity index (χ1) is 19.8. The molecule has 0 spiro atoms. The number of aryl methyl sites for hydroxylation is 2. The van der Waals surface area contributed by atoms with Gasteiger partial charge in [0.05, 0.1) is 48.9 Å². The van der Waals surface area contributed by atoms with Crippen molar-refractivity contribution in [3.63, 3.8) is 0 Å². The molecule has 1 aliphatic rings. The molecule has 4 aromatic rings. The minimum Gasteiger partial charge on any atom is -0.493 e. The first-order valence-electron chi connectivity index (χ1n) is 14.0. The third-order valence-corrected chi connectivity index (χ3v) is 9.10. The molecule has 0 atom stereocenters. The SMILES string of the molecule is CCCc1nn(C)c2c(=O)[nH]c(-c3cc(S(=O)(=O)N(CCN4CCOCC4)Cc4ccco4)ccc3OCC)cc12. The summed E-state index contributed by atoms with van der Waals surface area (Å²) in [5.41, 5.74) is 1.97. The molecule has 0 radical (unpaired) electrons. The maximum absolute atomic E-state index is 14.1. The number of furan rings is 1. The molecule has 5 rings (SSSR count). The van der Waals surface area contributed by atoms with Gasteiger partial charge in [0.2, 0.25) is 10.0 Å². The maximum atomic E-state index is 14.1. The van der Waals surface area contributed by atoms with Crippen LogP contribution in [0.25, 0.3) is 22.2 Å². The van der Waals surface area contributed by atoms with E-state index < -0.39 is 10.0 Å². The number of ether oxygens (including phenoxy) is 2. The molecule has 0 amide bonds. The molecule has 220 valence electrons. The number of benzene rings is 1. The molecule has 4 heterocycles. The first kappa shape index (κ1) is 29.1. The van der Waals surface area contributed by atoms with Crippen LogP contribution in [0.4, 0.5) is 0 Å². The summed E-state index contributed by atoms with van der Waals surface area (Å²) in [6.07, 6.45) is 3.13. The van der Waals surface area contributed by atoms with E-state index in [1.807, 2.05) is 13.0 Å². The summed E-state index contributed by atoms with van der Waals surface area (Å²) in [5, 5.41) is 5.29. The van der Waals surface area contributed by atoms with E-state index in [2.05, 4.69) is 21.9 Å². The monoisotopic (exact) mass is 583 g/mol. The van der Waals surface area contributed by atoms with Crippen LogP contribution in [0.3, 0.4) is 0 Å². The largest absolute Gasteiger partial charge is 0.493 e. The fourth-order valence-electron chi connectivity index (χ4n) is 5.19. The third kappa shape index (κ3) is 6.25. The number of rotatable bonds is 12. The van der Waals surface area contributed by atoms with Gasteiger partial charge in [-0.15, -0.1) is 0 Å². The lowest BCUT2D eigenvalue weighted by Gasteiger charge is -2.29. The smallest absolute Gasteiger partial charge is 0.274 e. The zero-order valence-electron chi connectivity index (χ0n) is 23.8. The number of fused-ring (bicyclic) bond motifs is 1. The van der Waals surface area contributed by atoms with Crippen molar-refractivity contribution in [1.29, 1.82) is 0 Å². The highest BCUT2D eigenvalue weighted by atomic mass is 32.2. The number of H-pyrrole nitrogens is 1. The Morgan fingerprint density at radius 2 is 1.95 bits per heavy atom. The average Bonchev–Trinajstić information content (AvgIpc) is 3.59. The van der Waals surface area contributed by atoms with Gasteiger partial charge in [-0.2, -0.15) is 9.40 Å². The zero-order valence-corrected chi connectivity index (χ0v) is 24.6. The number of nitrogens with zero attached hydrogens (tertiary/aromatic N) is 4. The Balaban J connectivity index is 1.56. The molecule has 1 aliphatic heterocycles. The number of sulfonamides is 1. The van der Waals surface area contributed by atoms with E-state index in [4.69, 9.17) is 13.9 Å². The number of pyridine rings is 1. The fraction of sp³-hybridized carbons (Fsp3) is 0.448. The van der Waals surface area contributed by atoms with Crippen molar-refractivity contribution in [3.05, 3.63) is 64.5 Å². The molecule has 0 bridgehead atoms. The van der Waals surface area contributed by atoms with Gasteiger partial charge in [0.25, 0.3) is 5.56 Å². The van der Waals surface area contributed by atoms with Crippen LogP contribution in [-0.4, -0.2) is 78.4 Å². The molecule has 1 aromatic carbocycles. The van der Waals surface area contributed by atoms with Crippen LogP contribution in [0.15, 0.2) is 56.8 Å². The zero-order chi connectivity index (χ0) is 29.0. The van der Waals surface area contributed by atoms with E-state index in [9.17, 15) is 13.2 Å². The summed E-state index contributed by atoms with van der Waals surface area (Å²) in [4.78, 5) is 18.4. The Hall–Kier alpha value is -3.45. The molecule has 0 unspecified atom stereocenters. The van der Waals surface area contributed by atoms with Crippen LogP contribution in [-0.2, 0) is 34.8 Å². The summed E-state index contributed by atoms with van der Waals surface area (Å²) < 4.78 is 48.1. The van der Waals surface area contributed by atoms with Crippen molar-refractivity contribution in [2.75, 3.05) is 46.0 Å². The molecule has 1 N–H and O–H groups in total. The van der Waals surface area contributed by atoms with Crippen molar-refractivity contribution in [2.45, 2.75) is 38.1 Å². The maximum Gasteiger partial charge on any atom is 0.274 e. The van der Waals surface area contributed by atoms with Crippen molar-refractivity contribution in [2.24, 2.45) is 7.05 Å². The van der Waals surface area contributed by atoms with E-state index in [0.717, 1.165) is 37.0 Å². The average molecular weight is 584 g/mol. The van der Waals surface area contributed by atoms with Gasteiger partial charge in [0.1, 0.15) is 17.0 Å². The Labute approximate surface area is 239 Å². The minimum atomic E-state index is -3.95. The van der Waals surface area contributed by atoms with E-state index in [-0.39, 0.29) is 23.5 Å². The van der Waals surface area contributed by atoms with E-state index in [0.29, 0.717) is 54.6 Å². The lowest BCUT2D eigenvalue weighted by molar-refractivity contribution is 0.0360. The van der Waals surface area contributed by atoms with Crippen LogP contribution in [0.1, 0.15) is 31.7 Å². The lowest BCUT2D eigenvalue weighted by Crippen LogP contribution is -2.42. The molecular weight excluding hydrogens is 546 g/mol. The second-order valence-electron chi connectivity index (χ2n) is 10.1. The van der Waals surface area contributed by atoms with Gasteiger partial charge >= 0.3 is 0 Å².